The standard InChI is InChI=1S/C19H28N2O4/c1-24-18-9-5-4-8-15(18)17(22)12-20-19(23)16-13-25-11-10-21(16)14-6-2-3-7-14/h4-5,8-9,14,16-17,22H,2-3,6-7,10-13H2,1H3,(H,20,23)/t16-,17+/m0/s1. The average molecular weight is 348 g/mol. The van der Waals surface area contributed by atoms with Crippen molar-refractivity contribution < 1.29 is 19.4 Å². The smallest absolute Gasteiger partial charge is 0.239 e. The number of hydrogen-bond acceptors (Lipinski definition) is 5. The van der Waals surface area contributed by atoms with Gasteiger partial charge in [-0.05, 0) is 18.9 Å². The van der Waals surface area contributed by atoms with Crippen molar-refractivity contribution in [2.45, 2.75) is 43.9 Å². The monoisotopic (exact) mass is 348 g/mol. The average Bonchev–Trinajstić information content (AvgIpc) is 3.20. The molecule has 138 valence electrons. The number of carbonyl (C=O) groups excluding carboxylic acids is 1. The number of methoxy groups -OCH3 is 1. The highest BCUT2D eigenvalue weighted by atomic mass is 16.5. The van der Waals surface area contributed by atoms with Gasteiger partial charge in [0, 0.05) is 24.7 Å². The van der Waals surface area contributed by atoms with Crippen LogP contribution in [0.1, 0.15) is 37.4 Å². The topological polar surface area (TPSA) is 71.0 Å². The maximum atomic E-state index is 12.7. The number of carbonyl (C=O) groups is 1. The molecule has 0 spiro atoms. The minimum Gasteiger partial charge on any atom is -0.496 e. The van der Waals surface area contributed by atoms with Crippen molar-refractivity contribution in [3.8, 4) is 5.75 Å². The van der Waals surface area contributed by atoms with Gasteiger partial charge in [0.25, 0.3) is 0 Å². The van der Waals surface area contributed by atoms with Crippen molar-refractivity contribution in [1.82, 2.24) is 10.2 Å². The Balaban J connectivity index is 1.58. The van der Waals surface area contributed by atoms with Crippen molar-refractivity contribution in [2.24, 2.45) is 0 Å². The molecule has 1 amide bonds. The van der Waals surface area contributed by atoms with Gasteiger partial charge in [-0.1, -0.05) is 31.0 Å². The second-order valence-corrected chi connectivity index (χ2v) is 6.77. The van der Waals surface area contributed by atoms with E-state index in [4.69, 9.17) is 9.47 Å². The molecular formula is C19H28N2O4. The third-order valence-corrected chi connectivity index (χ3v) is 5.23. The number of ether oxygens (including phenoxy) is 2. The fraction of sp³-hybridized carbons (Fsp3) is 0.632. The van der Waals surface area contributed by atoms with Gasteiger partial charge in [0.15, 0.2) is 0 Å². The molecule has 6 nitrogen and oxygen atoms in total. The van der Waals surface area contributed by atoms with Crippen LogP contribution >= 0.6 is 0 Å². The van der Waals surface area contributed by atoms with Crippen LogP contribution in [-0.4, -0.2) is 61.4 Å². The molecule has 1 saturated heterocycles. The van der Waals surface area contributed by atoms with Crippen LogP contribution in [0.15, 0.2) is 24.3 Å². The maximum Gasteiger partial charge on any atom is 0.239 e. The first-order valence-electron chi connectivity index (χ1n) is 9.13. The Labute approximate surface area is 149 Å². The van der Waals surface area contributed by atoms with Gasteiger partial charge in [0.1, 0.15) is 11.8 Å². The molecule has 1 aliphatic heterocycles. The Bertz CT molecular complexity index is 574. The fourth-order valence-electron chi connectivity index (χ4n) is 3.88. The second-order valence-electron chi connectivity index (χ2n) is 6.77. The highest BCUT2D eigenvalue weighted by molar-refractivity contribution is 5.82. The van der Waals surface area contributed by atoms with Crippen molar-refractivity contribution in [2.75, 3.05) is 33.4 Å². The molecule has 0 radical (unpaired) electrons. The summed E-state index contributed by atoms with van der Waals surface area (Å²) < 4.78 is 10.8. The van der Waals surface area contributed by atoms with Crippen LogP contribution in [0.2, 0.25) is 0 Å². The molecule has 0 bridgehead atoms. The number of benzene rings is 1. The lowest BCUT2D eigenvalue weighted by Crippen LogP contribution is -2.57. The quantitative estimate of drug-likeness (QED) is 0.815. The number of nitrogens with one attached hydrogen (secondary N) is 1. The van der Waals surface area contributed by atoms with Crippen LogP contribution in [0.25, 0.3) is 0 Å². The zero-order valence-electron chi connectivity index (χ0n) is 14.8. The molecule has 1 aromatic carbocycles. The first-order chi connectivity index (χ1) is 12.2. The zero-order chi connectivity index (χ0) is 17.6. The number of para-hydroxylation sites is 1. The van der Waals surface area contributed by atoms with Crippen LogP contribution < -0.4 is 10.1 Å². The lowest BCUT2D eigenvalue weighted by molar-refractivity contribution is -0.135. The van der Waals surface area contributed by atoms with Gasteiger partial charge >= 0.3 is 0 Å². The Morgan fingerprint density at radius 3 is 2.92 bits per heavy atom. The van der Waals surface area contributed by atoms with E-state index in [1.54, 1.807) is 13.2 Å². The molecule has 25 heavy (non-hydrogen) atoms. The van der Waals surface area contributed by atoms with Crippen molar-refractivity contribution >= 4 is 5.91 Å². The predicted molar refractivity (Wildman–Crippen MR) is 94.5 cm³/mol. The summed E-state index contributed by atoms with van der Waals surface area (Å²) in [6.07, 6.45) is 4.00. The number of rotatable bonds is 6. The number of morpholine rings is 1. The van der Waals surface area contributed by atoms with Gasteiger partial charge in [0.2, 0.25) is 5.91 Å². The van der Waals surface area contributed by atoms with E-state index in [0.29, 0.717) is 30.6 Å². The van der Waals surface area contributed by atoms with Crippen molar-refractivity contribution in [3.63, 3.8) is 0 Å². The fourth-order valence-corrected chi connectivity index (χ4v) is 3.88. The summed E-state index contributed by atoms with van der Waals surface area (Å²) in [7, 11) is 1.57. The van der Waals surface area contributed by atoms with Crippen LogP contribution in [0.4, 0.5) is 0 Å². The summed E-state index contributed by atoms with van der Waals surface area (Å²) in [5, 5.41) is 13.3. The maximum absolute atomic E-state index is 12.7. The number of aliphatic hydroxyl groups is 1. The van der Waals surface area contributed by atoms with Gasteiger partial charge < -0.3 is 19.9 Å². The molecule has 2 fully saturated rings. The minimum absolute atomic E-state index is 0.0689. The molecule has 0 aromatic heterocycles. The largest absolute Gasteiger partial charge is 0.496 e. The zero-order valence-corrected chi connectivity index (χ0v) is 14.8. The first-order valence-corrected chi connectivity index (χ1v) is 9.13. The van der Waals surface area contributed by atoms with Crippen LogP contribution in [0, 0.1) is 0 Å². The van der Waals surface area contributed by atoms with E-state index >= 15 is 0 Å². The summed E-state index contributed by atoms with van der Waals surface area (Å²) >= 11 is 0. The second kappa shape index (κ2) is 8.65. The van der Waals surface area contributed by atoms with Gasteiger partial charge in [-0.2, -0.15) is 0 Å². The predicted octanol–water partition coefficient (Wildman–Crippen LogP) is 1.49. The lowest BCUT2D eigenvalue weighted by atomic mass is 10.1. The molecule has 1 saturated carbocycles. The molecule has 6 heteroatoms. The van der Waals surface area contributed by atoms with Gasteiger partial charge in [-0.15, -0.1) is 0 Å². The Kier molecular flexibility index (Phi) is 6.29. The molecular weight excluding hydrogens is 320 g/mol. The van der Waals surface area contributed by atoms with Crippen molar-refractivity contribution in [1.29, 1.82) is 0 Å². The molecule has 3 rings (SSSR count). The molecule has 0 unspecified atom stereocenters. The summed E-state index contributed by atoms with van der Waals surface area (Å²) in [5.41, 5.74) is 0.679. The summed E-state index contributed by atoms with van der Waals surface area (Å²) in [4.78, 5) is 15.0. The molecule has 2 atom stereocenters. The molecule has 1 aromatic rings. The van der Waals surface area contributed by atoms with E-state index in [0.717, 1.165) is 19.4 Å². The normalized spacial score (nSPS) is 23.4. The minimum atomic E-state index is -0.801. The molecule has 2 aliphatic rings. The molecule has 2 N–H and O–H groups in total. The molecule has 1 heterocycles. The molecule has 1 aliphatic carbocycles. The van der Waals surface area contributed by atoms with Crippen LogP contribution in [0.3, 0.4) is 0 Å². The summed E-state index contributed by atoms with van der Waals surface area (Å²) in [5.74, 6) is 0.554. The van der Waals surface area contributed by atoms with Crippen molar-refractivity contribution in [3.05, 3.63) is 29.8 Å². The van der Waals surface area contributed by atoms with Crippen LogP contribution in [0.5, 0.6) is 5.75 Å². The Morgan fingerprint density at radius 1 is 1.40 bits per heavy atom. The van der Waals surface area contributed by atoms with Gasteiger partial charge in [-0.3, -0.25) is 9.69 Å². The summed E-state index contributed by atoms with van der Waals surface area (Å²) in [6.45, 7) is 2.07. The van der Waals surface area contributed by atoms with Gasteiger partial charge in [0.05, 0.1) is 26.4 Å². The van der Waals surface area contributed by atoms with E-state index in [2.05, 4.69) is 10.2 Å². The Hall–Kier alpha value is -1.63. The number of amides is 1. The lowest BCUT2D eigenvalue weighted by Gasteiger charge is -2.38. The summed E-state index contributed by atoms with van der Waals surface area (Å²) in [6, 6.07) is 7.54. The number of hydrogen-bond donors (Lipinski definition) is 2. The highest BCUT2D eigenvalue weighted by Crippen LogP contribution is 2.27. The van der Waals surface area contributed by atoms with E-state index in [-0.39, 0.29) is 18.5 Å². The third kappa shape index (κ3) is 4.32. The Morgan fingerprint density at radius 2 is 2.16 bits per heavy atom. The number of aliphatic hydroxyl groups excluding tert-OH is 1. The SMILES string of the molecule is COc1ccccc1[C@H](O)CNC(=O)[C@@H]1COCCN1C1CCCC1. The number of nitrogens with zero attached hydrogens (tertiary/aromatic N) is 1. The third-order valence-electron chi connectivity index (χ3n) is 5.23. The van der Waals surface area contributed by atoms with E-state index in [9.17, 15) is 9.90 Å². The van der Waals surface area contributed by atoms with E-state index < -0.39 is 6.10 Å². The highest BCUT2D eigenvalue weighted by Gasteiger charge is 2.35. The van der Waals surface area contributed by atoms with E-state index in [1.165, 1.54) is 12.8 Å². The first kappa shape index (κ1) is 18.2. The van der Waals surface area contributed by atoms with Gasteiger partial charge in [-0.25, -0.2) is 0 Å². The van der Waals surface area contributed by atoms with Crippen LogP contribution in [-0.2, 0) is 9.53 Å². The van der Waals surface area contributed by atoms with E-state index in [1.807, 2.05) is 18.2 Å².